The molecule has 0 unspecified atom stereocenters. The van der Waals surface area contributed by atoms with Gasteiger partial charge in [-0.1, -0.05) is 11.6 Å². The molecule has 0 spiro atoms. The number of aliphatic imine (C=N–C) groups is 2. The van der Waals surface area contributed by atoms with Crippen LogP contribution < -0.4 is 17.2 Å². The Kier molecular flexibility index (Phi) is 4.30. The lowest BCUT2D eigenvalue weighted by atomic mass is 10.3. The van der Waals surface area contributed by atoms with Crippen molar-refractivity contribution in [1.82, 2.24) is 0 Å². The third-order valence-corrected chi connectivity index (χ3v) is 2.60. The van der Waals surface area contributed by atoms with Gasteiger partial charge in [-0.3, -0.25) is 0 Å². The topological polar surface area (TPSA) is 103 Å². The van der Waals surface area contributed by atoms with Gasteiger partial charge in [-0.25, -0.2) is 9.38 Å². The van der Waals surface area contributed by atoms with E-state index >= 15 is 0 Å². The van der Waals surface area contributed by atoms with Crippen LogP contribution in [0.2, 0.25) is 5.02 Å². The van der Waals surface area contributed by atoms with Crippen LogP contribution in [-0.2, 0) is 0 Å². The van der Waals surface area contributed by atoms with E-state index in [4.69, 9.17) is 28.8 Å². The van der Waals surface area contributed by atoms with Gasteiger partial charge in [0.25, 0.3) is 0 Å². The molecule has 0 fully saturated rings. The zero-order valence-electron chi connectivity index (χ0n) is 7.92. The van der Waals surface area contributed by atoms with E-state index in [1.54, 1.807) is 0 Å². The van der Waals surface area contributed by atoms with Crippen molar-refractivity contribution in [2.45, 2.75) is 0 Å². The van der Waals surface area contributed by atoms with Crippen LogP contribution in [0.1, 0.15) is 0 Å². The third kappa shape index (κ3) is 3.49. The van der Waals surface area contributed by atoms with Crippen molar-refractivity contribution in [1.29, 1.82) is 0 Å². The van der Waals surface area contributed by atoms with Crippen LogP contribution in [0.4, 0.5) is 10.1 Å². The molecule has 1 aromatic carbocycles. The fourth-order valence-electron chi connectivity index (χ4n) is 0.878. The zero-order chi connectivity index (χ0) is 12.3. The molecular weight excluding hydrogens is 347 g/mol. The Morgan fingerprint density at radius 3 is 2.50 bits per heavy atom. The summed E-state index contributed by atoms with van der Waals surface area (Å²) in [6.07, 6.45) is 0. The van der Waals surface area contributed by atoms with Crippen LogP contribution in [0.25, 0.3) is 0 Å². The lowest BCUT2D eigenvalue weighted by Gasteiger charge is -2.01. The van der Waals surface area contributed by atoms with Gasteiger partial charge >= 0.3 is 0 Å². The van der Waals surface area contributed by atoms with Crippen LogP contribution >= 0.6 is 34.2 Å². The molecule has 0 aromatic heterocycles. The summed E-state index contributed by atoms with van der Waals surface area (Å²) < 4.78 is 13.4. The summed E-state index contributed by atoms with van der Waals surface area (Å²) in [5.41, 5.74) is 15.9. The predicted molar refractivity (Wildman–Crippen MR) is 71.2 cm³/mol. The minimum absolute atomic E-state index is 0.131. The van der Waals surface area contributed by atoms with Gasteiger partial charge in [-0.2, -0.15) is 4.99 Å². The average molecular weight is 356 g/mol. The fraction of sp³-hybridized carbons (Fsp3) is 0. The SMILES string of the molecule is NC(N)=NC(N)=Nc1cc(I)c(F)cc1Cl. The number of guanidine groups is 2. The molecule has 0 bridgehead atoms. The number of halogens is 3. The highest BCUT2D eigenvalue weighted by atomic mass is 127. The molecule has 0 saturated heterocycles. The van der Waals surface area contributed by atoms with Crippen molar-refractivity contribution in [2.24, 2.45) is 27.2 Å². The van der Waals surface area contributed by atoms with Crippen molar-refractivity contribution in [3.05, 3.63) is 26.5 Å². The first kappa shape index (κ1) is 13.0. The predicted octanol–water partition coefficient (Wildman–Crippen LogP) is 1.30. The van der Waals surface area contributed by atoms with Gasteiger partial charge in [0.05, 0.1) is 14.3 Å². The van der Waals surface area contributed by atoms with E-state index < -0.39 is 5.82 Å². The maximum absolute atomic E-state index is 13.1. The average Bonchev–Trinajstić information content (AvgIpc) is 2.12. The van der Waals surface area contributed by atoms with Gasteiger partial charge in [0.2, 0.25) is 5.96 Å². The van der Waals surface area contributed by atoms with Crippen LogP contribution in [0.3, 0.4) is 0 Å². The molecule has 0 aliphatic rings. The molecule has 6 N–H and O–H groups in total. The number of nitrogens with two attached hydrogens (primary N) is 3. The Balaban J connectivity index is 3.15. The molecule has 0 aliphatic carbocycles. The molecule has 0 heterocycles. The number of hydrogen-bond donors (Lipinski definition) is 3. The quantitative estimate of drug-likeness (QED) is 0.306. The molecule has 8 heteroatoms. The Morgan fingerprint density at radius 2 is 1.94 bits per heavy atom. The highest BCUT2D eigenvalue weighted by molar-refractivity contribution is 14.1. The summed E-state index contributed by atoms with van der Waals surface area (Å²) >= 11 is 7.58. The van der Waals surface area contributed by atoms with Gasteiger partial charge in [0.1, 0.15) is 5.82 Å². The highest BCUT2D eigenvalue weighted by Gasteiger charge is 2.06. The molecule has 0 radical (unpaired) electrons. The molecule has 86 valence electrons. The standard InChI is InChI=1S/C8H8ClFIN5/c9-3-1-4(10)5(11)2-6(3)15-8(14)16-7(12)13/h1-2H,(H6,12,13,14,15,16). The summed E-state index contributed by atoms with van der Waals surface area (Å²) in [6, 6.07) is 2.58. The fourth-order valence-corrected chi connectivity index (χ4v) is 1.52. The first-order chi connectivity index (χ1) is 7.40. The third-order valence-electron chi connectivity index (χ3n) is 1.47. The molecule has 1 rings (SSSR count). The lowest BCUT2D eigenvalue weighted by molar-refractivity contribution is 0.620. The first-order valence-electron chi connectivity index (χ1n) is 3.98. The largest absolute Gasteiger partial charge is 0.370 e. The van der Waals surface area contributed by atoms with Crippen LogP contribution in [0.15, 0.2) is 22.1 Å². The number of rotatable bonds is 1. The molecule has 0 aliphatic heterocycles. The molecular formula is C8H8ClFIN5. The molecule has 5 nitrogen and oxygen atoms in total. The normalized spacial score (nSPS) is 11.3. The van der Waals surface area contributed by atoms with E-state index in [1.807, 2.05) is 22.6 Å². The van der Waals surface area contributed by atoms with Crippen LogP contribution in [0.5, 0.6) is 0 Å². The van der Waals surface area contributed by atoms with Crippen molar-refractivity contribution in [3.63, 3.8) is 0 Å². The number of benzene rings is 1. The summed E-state index contributed by atoms with van der Waals surface area (Å²) in [4.78, 5) is 7.36. The minimum Gasteiger partial charge on any atom is -0.370 e. The first-order valence-corrected chi connectivity index (χ1v) is 5.44. The van der Waals surface area contributed by atoms with Crippen LogP contribution in [-0.4, -0.2) is 11.9 Å². The summed E-state index contributed by atoms with van der Waals surface area (Å²) in [5, 5.41) is 0.131. The van der Waals surface area contributed by atoms with Crippen LogP contribution in [0, 0.1) is 9.39 Å². The lowest BCUT2D eigenvalue weighted by Crippen LogP contribution is -2.26. The Hall–Kier alpha value is -1.09. The van der Waals surface area contributed by atoms with E-state index in [1.165, 1.54) is 6.07 Å². The molecule has 16 heavy (non-hydrogen) atoms. The summed E-state index contributed by atoms with van der Waals surface area (Å²) in [7, 11) is 0. The second kappa shape index (κ2) is 5.30. The molecule has 0 atom stereocenters. The van der Waals surface area contributed by atoms with E-state index in [0.717, 1.165) is 6.07 Å². The Labute approximate surface area is 110 Å². The van der Waals surface area contributed by atoms with E-state index in [-0.39, 0.29) is 16.9 Å². The van der Waals surface area contributed by atoms with Crippen molar-refractivity contribution >= 4 is 51.8 Å². The van der Waals surface area contributed by atoms with Gasteiger partial charge in [-0.15, -0.1) is 0 Å². The van der Waals surface area contributed by atoms with Gasteiger partial charge in [0, 0.05) is 0 Å². The smallest absolute Gasteiger partial charge is 0.223 e. The number of hydrogen-bond acceptors (Lipinski definition) is 1. The molecule has 1 aromatic rings. The van der Waals surface area contributed by atoms with Crippen molar-refractivity contribution in [2.75, 3.05) is 0 Å². The van der Waals surface area contributed by atoms with Crippen molar-refractivity contribution < 1.29 is 4.39 Å². The van der Waals surface area contributed by atoms with E-state index in [0.29, 0.717) is 9.26 Å². The highest BCUT2D eigenvalue weighted by Crippen LogP contribution is 2.28. The second-order valence-corrected chi connectivity index (χ2v) is 4.29. The minimum atomic E-state index is -0.426. The van der Waals surface area contributed by atoms with Gasteiger partial charge in [0.15, 0.2) is 5.96 Å². The van der Waals surface area contributed by atoms with Crippen molar-refractivity contribution in [3.8, 4) is 0 Å². The maximum atomic E-state index is 13.1. The maximum Gasteiger partial charge on any atom is 0.223 e. The Morgan fingerprint density at radius 1 is 1.31 bits per heavy atom. The summed E-state index contributed by atoms with van der Waals surface area (Å²) in [6.45, 7) is 0. The Bertz CT molecular complexity index is 470. The van der Waals surface area contributed by atoms with Gasteiger partial charge < -0.3 is 17.2 Å². The second-order valence-electron chi connectivity index (χ2n) is 2.72. The summed E-state index contributed by atoms with van der Waals surface area (Å²) in [5.74, 6) is -0.788. The van der Waals surface area contributed by atoms with E-state index in [2.05, 4.69) is 9.98 Å². The monoisotopic (exact) mass is 355 g/mol. The molecule has 0 amide bonds. The van der Waals surface area contributed by atoms with E-state index in [9.17, 15) is 4.39 Å². The number of nitrogens with zero attached hydrogens (tertiary/aromatic N) is 2. The van der Waals surface area contributed by atoms with Gasteiger partial charge in [-0.05, 0) is 34.7 Å². The molecule has 0 saturated carbocycles. The zero-order valence-corrected chi connectivity index (χ0v) is 10.8.